The summed E-state index contributed by atoms with van der Waals surface area (Å²) in [5.74, 6) is -0.306. The summed E-state index contributed by atoms with van der Waals surface area (Å²) in [6.45, 7) is 0.286. The number of nitrogens with one attached hydrogen (secondary N) is 2. The Morgan fingerprint density at radius 2 is 1.36 bits per heavy atom. The molecule has 5 nitrogen and oxygen atoms in total. The standard InChI is InChI=1S/C17H19N3O2/c18-11-10-16(21)19-14-8-4-5-9-15(14)20-17(22)12-13-6-2-1-3-7-13/h1-9H,10-12,18H2,(H,19,21)(H,20,22). The molecule has 0 saturated heterocycles. The number of hydrogen-bond acceptors (Lipinski definition) is 3. The fourth-order valence-corrected chi connectivity index (χ4v) is 2.02. The third-order valence-corrected chi connectivity index (χ3v) is 3.05. The van der Waals surface area contributed by atoms with Crippen molar-refractivity contribution in [2.24, 2.45) is 5.73 Å². The van der Waals surface area contributed by atoms with Crippen LogP contribution in [-0.4, -0.2) is 18.4 Å². The minimum Gasteiger partial charge on any atom is -0.330 e. The predicted molar refractivity (Wildman–Crippen MR) is 87.5 cm³/mol. The molecule has 0 heterocycles. The fraction of sp³-hybridized carbons (Fsp3) is 0.176. The van der Waals surface area contributed by atoms with Crippen LogP contribution in [0.3, 0.4) is 0 Å². The van der Waals surface area contributed by atoms with Gasteiger partial charge in [0, 0.05) is 13.0 Å². The fourth-order valence-electron chi connectivity index (χ4n) is 2.02. The van der Waals surface area contributed by atoms with Crippen molar-refractivity contribution >= 4 is 23.2 Å². The third-order valence-electron chi connectivity index (χ3n) is 3.05. The number of carbonyl (C=O) groups excluding carboxylic acids is 2. The van der Waals surface area contributed by atoms with Crippen LogP contribution in [0.2, 0.25) is 0 Å². The highest BCUT2D eigenvalue weighted by Crippen LogP contribution is 2.21. The van der Waals surface area contributed by atoms with Crippen molar-refractivity contribution in [3.8, 4) is 0 Å². The molecule has 0 unspecified atom stereocenters. The van der Waals surface area contributed by atoms with E-state index in [-0.39, 0.29) is 31.2 Å². The second-order valence-electron chi connectivity index (χ2n) is 4.84. The first-order valence-corrected chi connectivity index (χ1v) is 7.12. The number of amides is 2. The first-order valence-electron chi connectivity index (χ1n) is 7.12. The van der Waals surface area contributed by atoms with E-state index in [1.165, 1.54) is 0 Å². The summed E-state index contributed by atoms with van der Waals surface area (Å²) < 4.78 is 0. The molecular formula is C17H19N3O2. The highest BCUT2D eigenvalue weighted by molar-refractivity contribution is 6.00. The molecule has 5 heteroatoms. The largest absolute Gasteiger partial charge is 0.330 e. The Kier molecular flexibility index (Phi) is 5.68. The van der Waals surface area contributed by atoms with Crippen LogP contribution in [0.4, 0.5) is 11.4 Å². The maximum absolute atomic E-state index is 12.1. The second kappa shape index (κ2) is 7.95. The molecule has 0 aliphatic heterocycles. The van der Waals surface area contributed by atoms with Crippen LogP contribution in [0.1, 0.15) is 12.0 Å². The summed E-state index contributed by atoms with van der Waals surface area (Å²) in [4.78, 5) is 23.7. The van der Waals surface area contributed by atoms with E-state index >= 15 is 0 Å². The number of hydrogen-bond donors (Lipinski definition) is 3. The maximum Gasteiger partial charge on any atom is 0.228 e. The quantitative estimate of drug-likeness (QED) is 0.764. The van der Waals surface area contributed by atoms with Crippen LogP contribution in [-0.2, 0) is 16.0 Å². The number of anilines is 2. The molecule has 4 N–H and O–H groups in total. The predicted octanol–water partition coefficient (Wildman–Crippen LogP) is 2.16. The van der Waals surface area contributed by atoms with E-state index in [2.05, 4.69) is 10.6 Å². The Morgan fingerprint density at radius 1 is 0.818 bits per heavy atom. The van der Waals surface area contributed by atoms with E-state index in [1.54, 1.807) is 24.3 Å². The molecule has 0 spiro atoms. The van der Waals surface area contributed by atoms with E-state index < -0.39 is 0 Å². The lowest BCUT2D eigenvalue weighted by Crippen LogP contribution is -2.19. The van der Waals surface area contributed by atoms with E-state index in [1.807, 2.05) is 30.3 Å². The minimum absolute atomic E-state index is 0.133. The first kappa shape index (κ1) is 15.7. The topological polar surface area (TPSA) is 84.2 Å². The van der Waals surface area contributed by atoms with Gasteiger partial charge in [-0.15, -0.1) is 0 Å². The summed E-state index contributed by atoms with van der Waals surface area (Å²) >= 11 is 0. The smallest absolute Gasteiger partial charge is 0.228 e. The van der Waals surface area contributed by atoms with Crippen molar-refractivity contribution in [1.29, 1.82) is 0 Å². The van der Waals surface area contributed by atoms with Crippen molar-refractivity contribution < 1.29 is 9.59 Å². The van der Waals surface area contributed by atoms with Crippen LogP contribution in [0.15, 0.2) is 54.6 Å². The summed E-state index contributed by atoms with van der Waals surface area (Å²) in [6, 6.07) is 16.6. The Hall–Kier alpha value is -2.66. The van der Waals surface area contributed by atoms with E-state index in [0.29, 0.717) is 11.4 Å². The van der Waals surface area contributed by atoms with Crippen LogP contribution in [0, 0.1) is 0 Å². The van der Waals surface area contributed by atoms with Crippen LogP contribution in [0.5, 0.6) is 0 Å². The van der Waals surface area contributed by atoms with Gasteiger partial charge in [0.05, 0.1) is 17.8 Å². The molecule has 2 rings (SSSR count). The van der Waals surface area contributed by atoms with Gasteiger partial charge in [0.2, 0.25) is 11.8 Å². The molecule has 2 amide bonds. The average molecular weight is 297 g/mol. The summed E-state index contributed by atoms with van der Waals surface area (Å²) in [5.41, 5.74) is 7.44. The monoisotopic (exact) mass is 297 g/mol. The number of carbonyl (C=O) groups is 2. The molecule has 2 aromatic rings. The number of nitrogens with two attached hydrogens (primary N) is 1. The highest BCUT2D eigenvalue weighted by Gasteiger charge is 2.09. The van der Waals surface area contributed by atoms with Gasteiger partial charge in [-0.05, 0) is 17.7 Å². The minimum atomic E-state index is -0.174. The molecule has 0 bridgehead atoms. The normalized spacial score (nSPS) is 10.0. The van der Waals surface area contributed by atoms with E-state index in [9.17, 15) is 9.59 Å². The molecule has 114 valence electrons. The Morgan fingerprint density at radius 3 is 1.95 bits per heavy atom. The van der Waals surface area contributed by atoms with Gasteiger partial charge in [-0.25, -0.2) is 0 Å². The average Bonchev–Trinajstić information content (AvgIpc) is 2.50. The molecule has 0 aromatic heterocycles. The van der Waals surface area contributed by atoms with Crippen molar-refractivity contribution in [2.75, 3.05) is 17.2 Å². The van der Waals surface area contributed by atoms with Gasteiger partial charge in [0.1, 0.15) is 0 Å². The van der Waals surface area contributed by atoms with Crippen molar-refractivity contribution in [3.63, 3.8) is 0 Å². The van der Waals surface area contributed by atoms with E-state index in [4.69, 9.17) is 5.73 Å². The zero-order chi connectivity index (χ0) is 15.8. The number of rotatable bonds is 6. The lowest BCUT2D eigenvalue weighted by atomic mass is 10.1. The number of benzene rings is 2. The number of para-hydroxylation sites is 2. The first-order chi connectivity index (χ1) is 10.7. The lowest BCUT2D eigenvalue weighted by Gasteiger charge is -2.12. The Labute approximate surface area is 129 Å². The van der Waals surface area contributed by atoms with Gasteiger partial charge in [-0.3, -0.25) is 9.59 Å². The van der Waals surface area contributed by atoms with Crippen LogP contribution in [0.25, 0.3) is 0 Å². The van der Waals surface area contributed by atoms with Crippen molar-refractivity contribution in [2.45, 2.75) is 12.8 Å². The summed E-state index contributed by atoms with van der Waals surface area (Å²) in [6.07, 6.45) is 0.526. The molecule has 0 fully saturated rings. The Bertz CT molecular complexity index is 641. The Balaban J connectivity index is 2.03. The molecule has 2 aromatic carbocycles. The van der Waals surface area contributed by atoms with Gasteiger partial charge in [0.15, 0.2) is 0 Å². The van der Waals surface area contributed by atoms with E-state index in [0.717, 1.165) is 5.56 Å². The maximum atomic E-state index is 12.1. The molecule has 0 aliphatic rings. The second-order valence-corrected chi connectivity index (χ2v) is 4.84. The third kappa shape index (κ3) is 4.71. The van der Waals surface area contributed by atoms with Crippen molar-refractivity contribution in [1.82, 2.24) is 0 Å². The van der Waals surface area contributed by atoms with Crippen LogP contribution < -0.4 is 16.4 Å². The zero-order valence-electron chi connectivity index (χ0n) is 12.2. The molecular weight excluding hydrogens is 278 g/mol. The van der Waals surface area contributed by atoms with Crippen LogP contribution >= 0.6 is 0 Å². The van der Waals surface area contributed by atoms with Gasteiger partial charge in [-0.1, -0.05) is 42.5 Å². The van der Waals surface area contributed by atoms with Gasteiger partial charge in [-0.2, -0.15) is 0 Å². The lowest BCUT2D eigenvalue weighted by molar-refractivity contribution is -0.116. The molecule has 0 atom stereocenters. The highest BCUT2D eigenvalue weighted by atomic mass is 16.2. The SMILES string of the molecule is NCCC(=O)Nc1ccccc1NC(=O)Cc1ccccc1. The summed E-state index contributed by atoms with van der Waals surface area (Å²) in [5, 5.41) is 5.57. The van der Waals surface area contributed by atoms with Gasteiger partial charge >= 0.3 is 0 Å². The molecule has 0 aliphatic carbocycles. The molecule has 22 heavy (non-hydrogen) atoms. The summed E-state index contributed by atoms with van der Waals surface area (Å²) in [7, 11) is 0. The zero-order valence-corrected chi connectivity index (χ0v) is 12.2. The molecule has 0 saturated carbocycles. The van der Waals surface area contributed by atoms with Gasteiger partial charge in [0.25, 0.3) is 0 Å². The molecule has 0 radical (unpaired) electrons. The van der Waals surface area contributed by atoms with Gasteiger partial charge < -0.3 is 16.4 Å². The van der Waals surface area contributed by atoms with Crippen molar-refractivity contribution in [3.05, 3.63) is 60.2 Å².